The minimum atomic E-state index is -4.77. The monoisotopic (exact) mass is 544 g/mol. The average molecular weight is 545 g/mol. The van der Waals surface area contributed by atoms with E-state index in [1.54, 1.807) is 35.4 Å². The fourth-order valence-electron chi connectivity index (χ4n) is 4.74. The smallest absolute Gasteiger partial charge is 0.406 e. The first-order valence-electron chi connectivity index (χ1n) is 11.9. The van der Waals surface area contributed by atoms with Gasteiger partial charge in [-0.15, -0.1) is 13.2 Å². The number of benzene rings is 2. The molecule has 2 aromatic heterocycles. The van der Waals surface area contributed by atoms with Crippen molar-refractivity contribution in [3.05, 3.63) is 82.9 Å². The number of nitrogens with zero attached hydrogens (tertiary/aromatic N) is 4. The molecule has 7 nitrogen and oxygen atoms in total. The topological polar surface area (TPSA) is 80.5 Å². The van der Waals surface area contributed by atoms with Crippen molar-refractivity contribution >= 4 is 28.5 Å². The van der Waals surface area contributed by atoms with Crippen LogP contribution >= 0.6 is 11.6 Å². The summed E-state index contributed by atoms with van der Waals surface area (Å²) in [6.45, 7) is 4.38. The van der Waals surface area contributed by atoms with Gasteiger partial charge in [-0.1, -0.05) is 25.4 Å². The first-order chi connectivity index (χ1) is 17.9. The van der Waals surface area contributed by atoms with Gasteiger partial charge in [0.25, 0.3) is 5.91 Å². The Morgan fingerprint density at radius 3 is 2.53 bits per heavy atom. The summed E-state index contributed by atoms with van der Waals surface area (Å²) >= 11 is 6.04. The van der Waals surface area contributed by atoms with Gasteiger partial charge in [-0.3, -0.25) is 14.3 Å². The van der Waals surface area contributed by atoms with E-state index in [0.29, 0.717) is 51.7 Å². The van der Waals surface area contributed by atoms with Crippen molar-refractivity contribution in [1.29, 1.82) is 0 Å². The van der Waals surface area contributed by atoms with Crippen molar-refractivity contribution in [2.75, 3.05) is 13.1 Å². The van der Waals surface area contributed by atoms with Gasteiger partial charge in [-0.2, -0.15) is 0 Å². The molecule has 0 aliphatic carbocycles. The first-order valence-corrected chi connectivity index (χ1v) is 12.3. The second kappa shape index (κ2) is 9.59. The van der Waals surface area contributed by atoms with Crippen LogP contribution in [0.1, 0.15) is 47.9 Å². The van der Waals surface area contributed by atoms with Crippen LogP contribution in [0.15, 0.2) is 60.9 Å². The molecular weight excluding hydrogens is 521 g/mol. The lowest BCUT2D eigenvalue weighted by Crippen LogP contribution is -2.34. The van der Waals surface area contributed by atoms with Crippen LogP contribution in [0.3, 0.4) is 0 Å². The minimum absolute atomic E-state index is 0.00690. The summed E-state index contributed by atoms with van der Waals surface area (Å²) in [5, 5.41) is 11.6. The summed E-state index contributed by atoms with van der Waals surface area (Å²) < 4.78 is 43.5. The summed E-state index contributed by atoms with van der Waals surface area (Å²) in [7, 11) is 0. The molecule has 1 atom stereocenters. The van der Waals surface area contributed by atoms with Gasteiger partial charge in [0.15, 0.2) is 0 Å². The van der Waals surface area contributed by atoms with Gasteiger partial charge >= 0.3 is 6.36 Å². The zero-order chi connectivity index (χ0) is 27.2. The van der Waals surface area contributed by atoms with Gasteiger partial charge in [0, 0.05) is 41.7 Å². The minimum Gasteiger partial charge on any atom is -0.406 e. The lowest BCUT2D eigenvalue weighted by Gasteiger charge is -2.23. The van der Waals surface area contributed by atoms with Gasteiger partial charge in [0.1, 0.15) is 17.2 Å². The molecule has 1 unspecified atom stereocenters. The van der Waals surface area contributed by atoms with Gasteiger partial charge in [-0.25, -0.2) is 4.98 Å². The molecule has 5 rings (SSSR count). The van der Waals surface area contributed by atoms with Crippen molar-refractivity contribution in [3.8, 4) is 11.4 Å². The summed E-state index contributed by atoms with van der Waals surface area (Å²) in [5.41, 5.74) is 1.62. The van der Waals surface area contributed by atoms with Crippen LogP contribution in [0.25, 0.3) is 16.7 Å². The molecule has 1 aliphatic heterocycles. The molecule has 0 radical (unpaired) electrons. The Labute approximate surface area is 221 Å². The molecule has 3 heterocycles. The largest absolute Gasteiger partial charge is 0.573 e. The number of amides is 1. The van der Waals surface area contributed by atoms with Gasteiger partial charge < -0.3 is 14.7 Å². The number of carbonyl (C=O) groups is 1. The van der Waals surface area contributed by atoms with Crippen LogP contribution in [0.4, 0.5) is 13.2 Å². The van der Waals surface area contributed by atoms with Crippen molar-refractivity contribution in [2.45, 2.75) is 38.1 Å². The number of aliphatic hydroxyl groups is 1. The van der Waals surface area contributed by atoms with E-state index >= 15 is 0 Å². The standard InChI is InChI=1S/C27H24ClF3N4O3/c1-16(2)24-33-22-11-17(25(36)34-10-9-26(37,15-34)18-12-19(28)14-32-13-18)3-8-23(22)35(24)20-4-6-21(7-5-20)38-27(29,30)31/h3-8,11-14,16,37H,9-10,15H2,1-2H3. The Kier molecular flexibility index (Phi) is 6.56. The fourth-order valence-corrected chi connectivity index (χ4v) is 4.91. The molecule has 1 N–H and O–H groups in total. The van der Waals surface area contributed by atoms with E-state index < -0.39 is 12.0 Å². The molecule has 0 bridgehead atoms. The Hall–Kier alpha value is -3.63. The summed E-state index contributed by atoms with van der Waals surface area (Å²) in [5.74, 6) is 0.126. The third kappa shape index (κ3) is 5.06. The molecule has 2 aromatic carbocycles. The summed E-state index contributed by atoms with van der Waals surface area (Å²) in [6, 6.07) is 12.4. The average Bonchev–Trinajstić information content (AvgIpc) is 3.45. The number of ether oxygens (including phenoxy) is 1. The number of fused-ring (bicyclic) bond motifs is 1. The van der Waals surface area contributed by atoms with E-state index in [9.17, 15) is 23.1 Å². The highest BCUT2D eigenvalue weighted by atomic mass is 35.5. The highest BCUT2D eigenvalue weighted by Crippen LogP contribution is 2.34. The maximum absolute atomic E-state index is 13.4. The van der Waals surface area contributed by atoms with Crippen molar-refractivity contribution in [2.24, 2.45) is 0 Å². The molecule has 1 saturated heterocycles. The lowest BCUT2D eigenvalue weighted by atomic mass is 9.95. The van der Waals surface area contributed by atoms with Crippen LogP contribution in [0, 0.1) is 0 Å². The number of hydrogen-bond donors (Lipinski definition) is 1. The Morgan fingerprint density at radius 2 is 1.87 bits per heavy atom. The predicted octanol–water partition coefficient (Wildman–Crippen LogP) is 5.83. The van der Waals surface area contributed by atoms with E-state index in [-0.39, 0.29) is 24.1 Å². The second-order valence-electron chi connectivity index (χ2n) is 9.61. The second-order valence-corrected chi connectivity index (χ2v) is 10.0. The van der Waals surface area contributed by atoms with Crippen LogP contribution in [0.2, 0.25) is 5.02 Å². The number of likely N-dealkylation sites (tertiary alicyclic amines) is 1. The molecular formula is C27H24ClF3N4O3. The number of β-amino-alcohol motifs (C(OH)–C–C–N with tert-alkyl or cyclic N) is 1. The number of carbonyl (C=O) groups excluding carboxylic acids is 1. The van der Waals surface area contributed by atoms with E-state index in [0.717, 1.165) is 0 Å². The maximum atomic E-state index is 13.4. The van der Waals surface area contributed by atoms with Gasteiger partial charge in [-0.05, 0) is 55.0 Å². The quantitative estimate of drug-likeness (QED) is 0.342. The summed E-state index contributed by atoms with van der Waals surface area (Å²) in [6.07, 6.45) is -1.39. The predicted molar refractivity (Wildman–Crippen MR) is 136 cm³/mol. The zero-order valence-corrected chi connectivity index (χ0v) is 21.3. The van der Waals surface area contributed by atoms with Crippen molar-refractivity contribution in [1.82, 2.24) is 19.4 Å². The van der Waals surface area contributed by atoms with Crippen molar-refractivity contribution in [3.63, 3.8) is 0 Å². The first kappa shape index (κ1) is 26.0. The third-order valence-corrected chi connectivity index (χ3v) is 6.76. The van der Waals surface area contributed by atoms with Crippen molar-refractivity contribution < 1.29 is 27.8 Å². The number of pyridine rings is 1. The molecule has 1 aliphatic rings. The highest BCUT2D eigenvalue weighted by molar-refractivity contribution is 6.30. The number of hydrogen-bond acceptors (Lipinski definition) is 5. The SMILES string of the molecule is CC(C)c1nc2cc(C(=O)N3CCC(O)(c4cncc(Cl)c4)C3)ccc2n1-c1ccc(OC(F)(F)F)cc1. The molecule has 1 amide bonds. The van der Waals surface area contributed by atoms with Gasteiger partial charge in [0.2, 0.25) is 0 Å². The van der Waals surface area contributed by atoms with E-state index in [1.807, 2.05) is 18.4 Å². The van der Waals surface area contributed by atoms with E-state index in [2.05, 4.69) is 9.72 Å². The van der Waals surface area contributed by atoms with Crippen LogP contribution in [-0.2, 0) is 5.60 Å². The molecule has 11 heteroatoms. The number of alkyl halides is 3. The zero-order valence-electron chi connectivity index (χ0n) is 20.5. The molecule has 0 saturated carbocycles. The summed E-state index contributed by atoms with van der Waals surface area (Å²) in [4.78, 5) is 23.7. The molecule has 4 aromatic rings. The Balaban J connectivity index is 1.44. The normalized spacial score (nSPS) is 17.9. The van der Waals surface area contributed by atoms with Gasteiger partial charge in [0.05, 0.1) is 22.6 Å². The number of imidazole rings is 1. The molecule has 1 fully saturated rings. The van der Waals surface area contributed by atoms with Crippen LogP contribution in [0.5, 0.6) is 5.75 Å². The van der Waals surface area contributed by atoms with Crippen LogP contribution in [-0.4, -0.2) is 49.9 Å². The molecule has 198 valence electrons. The molecule has 38 heavy (non-hydrogen) atoms. The number of halogens is 4. The Morgan fingerprint density at radius 1 is 1.13 bits per heavy atom. The van der Waals surface area contributed by atoms with E-state index in [4.69, 9.17) is 16.6 Å². The molecule has 0 spiro atoms. The number of aromatic nitrogens is 3. The fraction of sp³-hybridized carbons (Fsp3) is 0.296. The maximum Gasteiger partial charge on any atom is 0.573 e. The van der Waals surface area contributed by atoms with E-state index in [1.165, 1.54) is 30.5 Å². The third-order valence-electron chi connectivity index (χ3n) is 6.55. The lowest BCUT2D eigenvalue weighted by molar-refractivity contribution is -0.274. The highest BCUT2D eigenvalue weighted by Gasteiger charge is 2.40. The Bertz CT molecular complexity index is 1500. The number of rotatable bonds is 5. The van der Waals surface area contributed by atoms with Crippen LogP contribution < -0.4 is 4.74 Å².